The van der Waals surface area contributed by atoms with Crippen LogP contribution in [-0.2, 0) is 23.2 Å². The maximum Gasteiger partial charge on any atom is 0.347 e. The zero-order valence-electron chi connectivity index (χ0n) is 20.6. The Bertz CT molecular complexity index is 1730. The van der Waals surface area contributed by atoms with Crippen LogP contribution in [0.4, 0.5) is 10.1 Å². The molecule has 1 aliphatic carbocycles. The first-order valence-corrected chi connectivity index (χ1v) is 12.7. The van der Waals surface area contributed by atoms with E-state index in [-0.39, 0.29) is 30.0 Å². The molecule has 10 nitrogen and oxygen atoms in total. The number of phenolic OH excluding ortho intramolecular Hbond substituents is 1. The van der Waals surface area contributed by atoms with Crippen molar-refractivity contribution in [2.75, 3.05) is 12.0 Å². The van der Waals surface area contributed by atoms with Crippen molar-refractivity contribution in [3.63, 3.8) is 0 Å². The number of nitrogens with zero attached hydrogens (tertiary/aromatic N) is 4. The van der Waals surface area contributed by atoms with E-state index in [4.69, 9.17) is 27.9 Å². The molecule has 1 saturated heterocycles. The fourth-order valence-corrected chi connectivity index (χ4v) is 6.91. The second-order valence-electron chi connectivity index (χ2n) is 9.77. The fraction of sp³-hybridized carbons (Fsp3) is 0.308. The van der Waals surface area contributed by atoms with Crippen LogP contribution < -0.4 is 21.0 Å². The Morgan fingerprint density at radius 3 is 2.38 bits per heavy atom. The number of allylic oxidation sites excluding steroid dienone is 2. The third-order valence-corrected chi connectivity index (χ3v) is 9.31. The second kappa shape index (κ2) is 8.33. The molecule has 202 valence electrons. The zero-order chi connectivity index (χ0) is 28.0. The molecule has 0 bridgehead atoms. The minimum Gasteiger partial charge on any atom is -0.508 e. The van der Waals surface area contributed by atoms with Crippen molar-refractivity contribution < 1.29 is 23.8 Å². The number of ether oxygens (including phenoxy) is 1. The van der Waals surface area contributed by atoms with Crippen molar-refractivity contribution >= 4 is 40.7 Å². The molecule has 0 radical (unpaired) electrons. The largest absolute Gasteiger partial charge is 0.508 e. The van der Waals surface area contributed by atoms with Crippen LogP contribution in [0.3, 0.4) is 0 Å². The Balaban J connectivity index is 1.64. The van der Waals surface area contributed by atoms with Gasteiger partial charge in [-0.3, -0.25) is 9.59 Å². The van der Waals surface area contributed by atoms with Gasteiger partial charge in [0.15, 0.2) is 9.75 Å². The van der Waals surface area contributed by atoms with Crippen LogP contribution in [0.2, 0.25) is 0 Å². The molecular formula is C26H21Cl2FN4O6. The van der Waals surface area contributed by atoms with E-state index in [2.05, 4.69) is 0 Å². The standard InChI is InChI=1S/C26H21Cl2FN4O6/c1-30-23(37)31-10-9-16-18(33(31)24(30)38)12-25(27)21(35)32(14-5-3-13(29)4-6-14)22(36)26(25,28)20(16)17-11-15(39-2)7-8-19(17)34/h3-9,11,18,20,34H,10,12H2,1-2H3/t18-,20-,25-,26+/m1/s1. The van der Waals surface area contributed by atoms with Gasteiger partial charge >= 0.3 is 11.4 Å². The molecule has 1 saturated carbocycles. The van der Waals surface area contributed by atoms with Gasteiger partial charge in [-0.05, 0) is 48.0 Å². The van der Waals surface area contributed by atoms with Gasteiger partial charge in [0.25, 0.3) is 11.8 Å². The number of anilines is 1. The topological polar surface area (TPSA) is 116 Å². The van der Waals surface area contributed by atoms with E-state index in [1.54, 1.807) is 6.08 Å². The minimum absolute atomic E-state index is 0.0198. The number of halogens is 3. The molecule has 4 atom stereocenters. The predicted octanol–water partition coefficient (Wildman–Crippen LogP) is 2.40. The zero-order valence-corrected chi connectivity index (χ0v) is 22.1. The van der Waals surface area contributed by atoms with Crippen LogP contribution in [0.1, 0.15) is 23.9 Å². The first-order chi connectivity index (χ1) is 18.5. The number of hydrogen-bond acceptors (Lipinski definition) is 6. The Morgan fingerprint density at radius 2 is 1.72 bits per heavy atom. The minimum atomic E-state index is -2.17. The second-order valence-corrected chi connectivity index (χ2v) is 11.0. The lowest BCUT2D eigenvalue weighted by Gasteiger charge is -2.49. The van der Waals surface area contributed by atoms with Crippen LogP contribution >= 0.6 is 23.2 Å². The molecule has 1 aromatic heterocycles. The number of aromatic hydroxyl groups is 1. The van der Waals surface area contributed by atoms with Crippen molar-refractivity contribution in [2.45, 2.75) is 34.7 Å². The lowest BCUT2D eigenvalue weighted by atomic mass is 9.64. The van der Waals surface area contributed by atoms with Crippen molar-refractivity contribution in [1.29, 1.82) is 0 Å². The Labute approximate surface area is 230 Å². The van der Waals surface area contributed by atoms with Crippen molar-refractivity contribution in [2.24, 2.45) is 7.05 Å². The third kappa shape index (κ3) is 3.14. The first-order valence-electron chi connectivity index (χ1n) is 11.9. The molecule has 39 heavy (non-hydrogen) atoms. The molecule has 0 unspecified atom stereocenters. The van der Waals surface area contributed by atoms with Crippen molar-refractivity contribution in [3.8, 4) is 11.5 Å². The van der Waals surface area contributed by atoms with Crippen LogP contribution in [-0.4, -0.2) is 47.7 Å². The van der Waals surface area contributed by atoms with Crippen LogP contribution in [0.5, 0.6) is 11.5 Å². The van der Waals surface area contributed by atoms with E-state index in [9.17, 15) is 28.7 Å². The van der Waals surface area contributed by atoms with E-state index < -0.39 is 50.7 Å². The number of rotatable bonds is 3. The highest BCUT2D eigenvalue weighted by atomic mass is 35.5. The van der Waals surface area contributed by atoms with Gasteiger partial charge in [-0.2, -0.15) is 0 Å². The summed E-state index contributed by atoms with van der Waals surface area (Å²) in [6.45, 7) is -0.0198. The van der Waals surface area contributed by atoms with Gasteiger partial charge in [-0.25, -0.2) is 32.8 Å². The highest BCUT2D eigenvalue weighted by Gasteiger charge is 2.76. The van der Waals surface area contributed by atoms with Crippen LogP contribution in [0, 0.1) is 5.82 Å². The molecule has 0 spiro atoms. The fourth-order valence-electron chi connectivity index (χ4n) is 6.01. The number of benzene rings is 2. The summed E-state index contributed by atoms with van der Waals surface area (Å²) in [4.78, 5) is 50.6. The number of methoxy groups -OCH3 is 1. The van der Waals surface area contributed by atoms with Gasteiger partial charge in [0.1, 0.15) is 17.3 Å². The number of alkyl halides is 2. The number of aromatic nitrogens is 3. The molecule has 2 aromatic carbocycles. The van der Waals surface area contributed by atoms with Crippen molar-refractivity contribution in [3.05, 3.63) is 86.5 Å². The third-order valence-electron chi connectivity index (χ3n) is 7.90. The number of fused-ring (bicyclic) bond motifs is 4. The maximum atomic E-state index is 14.2. The maximum absolute atomic E-state index is 14.2. The van der Waals surface area contributed by atoms with Gasteiger partial charge in [-0.15, -0.1) is 23.2 Å². The summed E-state index contributed by atoms with van der Waals surface area (Å²) in [5, 5.41) is 11.0. The lowest BCUT2D eigenvalue weighted by molar-refractivity contribution is -0.122. The molecule has 3 heterocycles. The molecule has 3 aromatic rings. The van der Waals surface area contributed by atoms with Crippen LogP contribution in [0.25, 0.3) is 0 Å². The number of carbonyl (C=O) groups excluding carboxylic acids is 2. The molecule has 2 fully saturated rings. The Hall–Kier alpha value is -3.83. The number of imide groups is 1. The van der Waals surface area contributed by atoms with E-state index in [1.165, 1.54) is 53.9 Å². The summed E-state index contributed by atoms with van der Waals surface area (Å²) in [6.07, 6.45) is 1.35. The number of phenols is 1. The monoisotopic (exact) mass is 574 g/mol. The van der Waals surface area contributed by atoms with E-state index in [0.717, 1.165) is 21.6 Å². The average molecular weight is 575 g/mol. The van der Waals surface area contributed by atoms with Crippen molar-refractivity contribution in [1.82, 2.24) is 13.9 Å². The summed E-state index contributed by atoms with van der Waals surface area (Å²) >= 11 is 14.4. The average Bonchev–Trinajstić information content (AvgIpc) is 3.23. The molecule has 3 aliphatic rings. The van der Waals surface area contributed by atoms with Gasteiger partial charge in [0.05, 0.1) is 25.4 Å². The quantitative estimate of drug-likeness (QED) is 0.292. The van der Waals surface area contributed by atoms with Gasteiger partial charge in [0, 0.05) is 24.9 Å². The highest BCUT2D eigenvalue weighted by Crippen LogP contribution is 2.64. The summed E-state index contributed by atoms with van der Waals surface area (Å²) in [5.74, 6) is -3.44. The number of hydrogen-bond donors (Lipinski definition) is 1. The smallest absolute Gasteiger partial charge is 0.347 e. The Morgan fingerprint density at radius 1 is 1.03 bits per heavy atom. The summed E-state index contributed by atoms with van der Waals surface area (Å²) in [7, 11) is 2.75. The first kappa shape index (κ1) is 25.4. The van der Waals surface area contributed by atoms with Gasteiger partial charge in [0.2, 0.25) is 0 Å². The Kier molecular flexibility index (Phi) is 5.44. The predicted molar refractivity (Wildman–Crippen MR) is 139 cm³/mol. The number of carbonyl (C=O) groups is 2. The summed E-state index contributed by atoms with van der Waals surface area (Å²) < 4.78 is 22.4. The molecular weight excluding hydrogens is 554 g/mol. The normalized spacial score (nSPS) is 27.6. The summed E-state index contributed by atoms with van der Waals surface area (Å²) in [5.41, 5.74) is -0.574. The molecule has 1 N–H and O–H groups in total. The van der Waals surface area contributed by atoms with Crippen LogP contribution in [0.15, 0.2) is 63.7 Å². The summed E-state index contributed by atoms with van der Waals surface area (Å²) in [6, 6.07) is 8.10. The molecule has 6 rings (SSSR count). The molecule has 13 heteroatoms. The van der Waals surface area contributed by atoms with Gasteiger partial charge in [-0.1, -0.05) is 6.08 Å². The SMILES string of the molecule is COc1ccc(O)c([C@H]2C3=CCn4c(=O)n(C)c(=O)n4[C@@H]3C[C@@]3(Cl)C(=O)N(c4ccc(F)cc4)C(=O)[C@@]23Cl)c1. The molecule has 2 aliphatic heterocycles. The molecule has 2 amide bonds. The van der Waals surface area contributed by atoms with E-state index in [1.807, 2.05) is 0 Å². The highest BCUT2D eigenvalue weighted by molar-refractivity contribution is 6.58. The van der Waals surface area contributed by atoms with E-state index in [0.29, 0.717) is 11.3 Å². The van der Waals surface area contributed by atoms with Gasteiger partial charge < -0.3 is 9.84 Å². The number of amides is 2. The lowest BCUT2D eigenvalue weighted by Crippen LogP contribution is -2.59. The van der Waals surface area contributed by atoms with E-state index >= 15 is 0 Å².